The largest absolute Gasteiger partial charge is 0.394 e. The first-order chi connectivity index (χ1) is 21.8. The van der Waals surface area contributed by atoms with Crippen molar-refractivity contribution in [1.29, 1.82) is 0 Å². The minimum absolute atomic E-state index is 0.579. The molecule has 0 aromatic heterocycles. The Morgan fingerprint density at radius 3 is 1.17 bits per heavy atom. The van der Waals surface area contributed by atoms with Crippen LogP contribution in [0.2, 0.25) is 0 Å². The standard InChI is InChI=1S/C25H44O21/c26-1-6-11(30)14(33)13(32)10(41-6)5-40-23-19(38)16(35)21(8(3-28)43-23)46-25-20(39)17(36)22(9(4-29)44-25)45-24-18(37)15(34)12(31)7(2-27)42-24/h6-39H,1-5H2. The molecule has 0 aliphatic carbocycles. The highest BCUT2D eigenvalue weighted by atomic mass is 16.8. The topological polar surface area (TPSA) is 348 Å². The number of hydrogen-bond donors (Lipinski definition) is 14. The summed E-state index contributed by atoms with van der Waals surface area (Å²) in [6.45, 7) is -3.79. The molecular weight excluding hydrogens is 636 g/mol. The van der Waals surface area contributed by atoms with Gasteiger partial charge in [-0.1, -0.05) is 0 Å². The Labute approximate surface area is 260 Å². The second kappa shape index (κ2) is 16.2. The second-order valence-corrected chi connectivity index (χ2v) is 11.5. The molecule has 4 aliphatic heterocycles. The lowest BCUT2D eigenvalue weighted by Crippen LogP contribution is -2.66. The monoisotopic (exact) mass is 680 g/mol. The van der Waals surface area contributed by atoms with E-state index in [0.29, 0.717) is 0 Å². The number of hydrogen-bond acceptors (Lipinski definition) is 21. The van der Waals surface area contributed by atoms with Gasteiger partial charge in [-0.15, -0.1) is 0 Å². The van der Waals surface area contributed by atoms with Gasteiger partial charge in [0, 0.05) is 0 Å². The van der Waals surface area contributed by atoms with Crippen molar-refractivity contribution in [3.63, 3.8) is 0 Å². The van der Waals surface area contributed by atoms with Gasteiger partial charge in [-0.05, 0) is 0 Å². The summed E-state index contributed by atoms with van der Waals surface area (Å²) in [7, 11) is 0. The highest BCUT2D eigenvalue weighted by molar-refractivity contribution is 4.97. The minimum Gasteiger partial charge on any atom is -0.394 e. The van der Waals surface area contributed by atoms with Crippen LogP contribution in [0.4, 0.5) is 0 Å². The maximum absolute atomic E-state index is 10.8. The van der Waals surface area contributed by atoms with Crippen LogP contribution in [0.1, 0.15) is 0 Å². The van der Waals surface area contributed by atoms with E-state index >= 15 is 0 Å². The molecule has 4 saturated heterocycles. The van der Waals surface area contributed by atoms with Crippen molar-refractivity contribution in [2.75, 3.05) is 33.0 Å². The van der Waals surface area contributed by atoms with Crippen LogP contribution in [0.15, 0.2) is 0 Å². The van der Waals surface area contributed by atoms with E-state index in [0.717, 1.165) is 0 Å². The third kappa shape index (κ3) is 7.65. The zero-order valence-electron chi connectivity index (χ0n) is 24.2. The lowest BCUT2D eigenvalue weighted by Gasteiger charge is -2.48. The van der Waals surface area contributed by atoms with E-state index in [-0.39, 0.29) is 0 Å². The Balaban J connectivity index is 1.39. The molecule has 0 aromatic carbocycles. The maximum atomic E-state index is 10.8. The summed E-state index contributed by atoms with van der Waals surface area (Å²) < 4.78 is 38.0. The first-order valence-electron chi connectivity index (χ1n) is 14.6. The van der Waals surface area contributed by atoms with Crippen molar-refractivity contribution in [2.24, 2.45) is 0 Å². The number of rotatable bonds is 11. The fraction of sp³-hybridized carbons (Fsp3) is 1.00. The summed E-state index contributed by atoms with van der Waals surface area (Å²) in [6.07, 6.45) is -33.6. The molecule has 14 N–H and O–H groups in total. The molecule has 4 fully saturated rings. The fourth-order valence-corrected chi connectivity index (χ4v) is 5.69. The highest BCUT2D eigenvalue weighted by Crippen LogP contribution is 2.33. The molecule has 4 rings (SSSR count). The van der Waals surface area contributed by atoms with Gasteiger partial charge in [-0.25, -0.2) is 0 Å². The number of ether oxygens (including phenoxy) is 7. The quantitative estimate of drug-likeness (QED) is 0.0963. The third-order valence-electron chi connectivity index (χ3n) is 8.49. The fourth-order valence-electron chi connectivity index (χ4n) is 5.69. The first-order valence-corrected chi connectivity index (χ1v) is 14.6. The van der Waals surface area contributed by atoms with Gasteiger partial charge in [0.25, 0.3) is 0 Å². The molecule has 0 spiro atoms. The summed E-state index contributed by atoms with van der Waals surface area (Å²) in [5.74, 6) is 0. The second-order valence-electron chi connectivity index (χ2n) is 11.5. The molecule has 0 bridgehead atoms. The Morgan fingerprint density at radius 1 is 0.348 bits per heavy atom. The SMILES string of the molecule is OCC1OC(COC2OC(CO)C(OC3OC(CO)C(OC4OC(CO)C(O)C(O)C4O)C(O)C3O)C(O)C2O)C(O)C(O)C1O. The molecule has 21 nitrogen and oxygen atoms in total. The number of aliphatic hydroxyl groups excluding tert-OH is 14. The maximum Gasteiger partial charge on any atom is 0.187 e. The van der Waals surface area contributed by atoms with E-state index in [9.17, 15) is 71.5 Å². The van der Waals surface area contributed by atoms with Crippen LogP contribution < -0.4 is 0 Å². The van der Waals surface area contributed by atoms with E-state index in [1.54, 1.807) is 0 Å². The lowest BCUT2D eigenvalue weighted by molar-refractivity contribution is -0.380. The van der Waals surface area contributed by atoms with Gasteiger partial charge in [0.2, 0.25) is 0 Å². The van der Waals surface area contributed by atoms with Crippen LogP contribution in [0.3, 0.4) is 0 Å². The Hall–Kier alpha value is -0.840. The molecular formula is C25H44O21. The third-order valence-corrected chi connectivity index (χ3v) is 8.49. The normalized spacial score (nSPS) is 52.0. The summed E-state index contributed by atoms with van der Waals surface area (Å²) in [5.41, 5.74) is 0. The van der Waals surface area contributed by atoms with Crippen molar-refractivity contribution >= 4 is 0 Å². The number of aliphatic hydroxyl groups is 14. The molecule has 4 aliphatic rings. The van der Waals surface area contributed by atoms with Crippen LogP contribution in [-0.2, 0) is 33.2 Å². The zero-order valence-corrected chi connectivity index (χ0v) is 24.2. The Kier molecular flexibility index (Phi) is 13.4. The van der Waals surface area contributed by atoms with Crippen LogP contribution in [0.25, 0.3) is 0 Å². The van der Waals surface area contributed by atoms with Crippen molar-refractivity contribution in [3.8, 4) is 0 Å². The predicted molar refractivity (Wildman–Crippen MR) is 139 cm³/mol. The van der Waals surface area contributed by atoms with Gasteiger partial charge in [-0.3, -0.25) is 0 Å². The molecule has 270 valence electrons. The first kappa shape index (κ1) is 38.0. The molecule has 21 heteroatoms. The van der Waals surface area contributed by atoms with Gasteiger partial charge < -0.3 is 105 Å². The van der Waals surface area contributed by atoms with Crippen molar-refractivity contribution in [1.82, 2.24) is 0 Å². The Bertz CT molecular complexity index is 926. The average Bonchev–Trinajstić information content (AvgIpc) is 3.05. The van der Waals surface area contributed by atoms with Crippen LogP contribution >= 0.6 is 0 Å². The molecule has 20 atom stereocenters. The molecule has 20 unspecified atom stereocenters. The smallest absolute Gasteiger partial charge is 0.187 e. The zero-order chi connectivity index (χ0) is 34.0. The van der Waals surface area contributed by atoms with E-state index in [1.807, 2.05) is 0 Å². The van der Waals surface area contributed by atoms with E-state index in [2.05, 4.69) is 0 Å². The molecule has 0 aromatic rings. The molecule has 0 amide bonds. The van der Waals surface area contributed by atoms with Crippen LogP contribution in [0, 0.1) is 0 Å². The van der Waals surface area contributed by atoms with Crippen molar-refractivity contribution in [2.45, 2.75) is 123 Å². The predicted octanol–water partition coefficient (Wildman–Crippen LogP) is -9.71. The van der Waals surface area contributed by atoms with Crippen LogP contribution in [0.5, 0.6) is 0 Å². The Morgan fingerprint density at radius 2 is 0.696 bits per heavy atom. The van der Waals surface area contributed by atoms with E-state index in [4.69, 9.17) is 33.2 Å². The molecule has 4 heterocycles. The van der Waals surface area contributed by atoms with Crippen molar-refractivity contribution < 1.29 is 105 Å². The van der Waals surface area contributed by atoms with Crippen LogP contribution in [-0.4, -0.2) is 227 Å². The lowest BCUT2D eigenvalue weighted by atomic mass is 9.95. The summed E-state index contributed by atoms with van der Waals surface area (Å²) >= 11 is 0. The van der Waals surface area contributed by atoms with E-state index < -0.39 is 156 Å². The van der Waals surface area contributed by atoms with Crippen molar-refractivity contribution in [3.05, 3.63) is 0 Å². The molecule has 46 heavy (non-hydrogen) atoms. The summed E-state index contributed by atoms with van der Waals surface area (Å²) in [6, 6.07) is 0. The van der Waals surface area contributed by atoms with E-state index in [1.165, 1.54) is 0 Å². The average molecular weight is 681 g/mol. The van der Waals surface area contributed by atoms with Gasteiger partial charge in [0.15, 0.2) is 18.9 Å². The van der Waals surface area contributed by atoms with Gasteiger partial charge in [0.05, 0.1) is 33.0 Å². The summed E-state index contributed by atoms with van der Waals surface area (Å²) in [4.78, 5) is 0. The molecule has 0 radical (unpaired) electrons. The van der Waals surface area contributed by atoms with Gasteiger partial charge >= 0.3 is 0 Å². The summed E-state index contributed by atoms with van der Waals surface area (Å²) in [5, 5.41) is 142. The molecule has 0 saturated carbocycles. The van der Waals surface area contributed by atoms with Gasteiger partial charge in [0.1, 0.15) is 104 Å². The minimum atomic E-state index is -2.00. The highest BCUT2D eigenvalue weighted by Gasteiger charge is 2.54. The van der Waals surface area contributed by atoms with Gasteiger partial charge in [-0.2, -0.15) is 0 Å².